The molecule has 2 aliphatic heterocycles. The van der Waals surface area contributed by atoms with Crippen LogP contribution in [0.15, 0.2) is 0 Å². The molecule has 9 N–H and O–H groups in total. The second kappa shape index (κ2) is 10.0. The summed E-state index contributed by atoms with van der Waals surface area (Å²) in [4.78, 5) is 17.4. The summed E-state index contributed by atoms with van der Waals surface area (Å²) >= 11 is 0. The van der Waals surface area contributed by atoms with Crippen molar-refractivity contribution in [1.82, 2.24) is 15.0 Å². The van der Waals surface area contributed by atoms with E-state index in [1.807, 2.05) is 0 Å². The number of hydrogen-bond donors (Lipinski definition) is 4. The van der Waals surface area contributed by atoms with Gasteiger partial charge in [-0.15, -0.1) is 0 Å². The molecule has 2 saturated heterocycles. The molecule has 3 rings (SSSR count). The molecule has 0 aromatic carbocycles. The molecule has 2 aliphatic rings. The molecule has 12 nitrogen and oxygen atoms in total. The maximum Gasteiger partial charge on any atom is 0.243 e. The van der Waals surface area contributed by atoms with Crippen molar-refractivity contribution in [1.29, 1.82) is 0 Å². The smallest absolute Gasteiger partial charge is 0.243 e. The second-order valence-electron chi connectivity index (χ2n) is 4.60. The van der Waals surface area contributed by atoms with Crippen molar-refractivity contribution in [3.8, 4) is 0 Å². The van der Waals surface area contributed by atoms with Gasteiger partial charge in [-0.25, -0.2) is 5.84 Å². The zero-order valence-corrected chi connectivity index (χ0v) is 12.9. The molecule has 0 unspecified atom stereocenters. The first-order valence-corrected chi connectivity index (χ1v) is 7.08. The van der Waals surface area contributed by atoms with Crippen LogP contribution in [-0.2, 0) is 9.47 Å². The van der Waals surface area contributed by atoms with E-state index in [0.717, 1.165) is 26.2 Å². The van der Waals surface area contributed by atoms with E-state index >= 15 is 0 Å². The fraction of sp³-hybridized carbons (Fsp3) is 0.727. The monoisotopic (exact) mass is 331 g/mol. The van der Waals surface area contributed by atoms with Gasteiger partial charge in [-0.2, -0.15) is 15.0 Å². The molecule has 2 fully saturated rings. The largest absolute Gasteiger partial charge is 0.412 e. The third kappa shape index (κ3) is 5.09. The number of nitrogen functional groups attached to an aromatic ring is 1. The molecular formula is C11H25N9O3. The predicted molar refractivity (Wildman–Crippen MR) is 85.7 cm³/mol. The Bertz CT molecular complexity index is 416. The van der Waals surface area contributed by atoms with Gasteiger partial charge in [-0.05, 0) is 0 Å². The van der Waals surface area contributed by atoms with E-state index in [1.165, 1.54) is 0 Å². The van der Waals surface area contributed by atoms with Gasteiger partial charge in [0.1, 0.15) is 0 Å². The Labute approximate surface area is 134 Å². The van der Waals surface area contributed by atoms with Crippen LogP contribution in [0.2, 0.25) is 0 Å². The van der Waals surface area contributed by atoms with Crippen molar-refractivity contribution < 1.29 is 14.9 Å². The number of anilines is 3. The minimum atomic E-state index is 0. The van der Waals surface area contributed by atoms with Crippen molar-refractivity contribution in [3.63, 3.8) is 0 Å². The van der Waals surface area contributed by atoms with E-state index in [-0.39, 0.29) is 5.48 Å². The van der Waals surface area contributed by atoms with E-state index in [4.69, 9.17) is 15.3 Å². The number of aromatic nitrogens is 3. The third-order valence-corrected chi connectivity index (χ3v) is 3.33. The Balaban J connectivity index is 0.000000849. The number of nitrogens with two attached hydrogens (primary N) is 3. The van der Waals surface area contributed by atoms with Gasteiger partial charge >= 0.3 is 0 Å². The highest BCUT2D eigenvalue weighted by molar-refractivity contribution is 5.45. The Hall–Kier alpha value is -1.83. The van der Waals surface area contributed by atoms with E-state index < -0.39 is 0 Å². The van der Waals surface area contributed by atoms with Gasteiger partial charge in [0.2, 0.25) is 17.8 Å². The lowest BCUT2D eigenvalue weighted by Crippen LogP contribution is -2.40. The van der Waals surface area contributed by atoms with Gasteiger partial charge in [-0.1, -0.05) is 0 Å². The van der Waals surface area contributed by atoms with Crippen molar-refractivity contribution in [3.05, 3.63) is 0 Å². The summed E-state index contributed by atoms with van der Waals surface area (Å²) in [5.74, 6) is 15.1. The lowest BCUT2D eigenvalue weighted by atomic mass is 10.4. The van der Waals surface area contributed by atoms with Crippen LogP contribution in [0.1, 0.15) is 0 Å². The third-order valence-electron chi connectivity index (χ3n) is 3.33. The fourth-order valence-electron chi connectivity index (χ4n) is 2.23. The molecule has 132 valence electrons. The molecule has 1 aromatic heterocycles. The zero-order chi connectivity index (χ0) is 15.8. The summed E-state index contributed by atoms with van der Waals surface area (Å²) in [6, 6.07) is 0. The van der Waals surface area contributed by atoms with Crippen LogP contribution in [0.25, 0.3) is 0 Å². The number of hydrogen-bond acceptors (Lipinski definition) is 11. The lowest BCUT2D eigenvalue weighted by molar-refractivity contribution is 0.121. The second-order valence-corrected chi connectivity index (χ2v) is 4.60. The molecular weight excluding hydrogens is 306 g/mol. The molecule has 0 amide bonds. The minimum Gasteiger partial charge on any atom is -0.412 e. The van der Waals surface area contributed by atoms with E-state index in [1.54, 1.807) is 0 Å². The van der Waals surface area contributed by atoms with E-state index in [9.17, 15) is 0 Å². The van der Waals surface area contributed by atoms with E-state index in [0.29, 0.717) is 44.3 Å². The van der Waals surface area contributed by atoms with Crippen LogP contribution >= 0.6 is 0 Å². The Morgan fingerprint density at radius 3 is 1.52 bits per heavy atom. The highest BCUT2D eigenvalue weighted by Crippen LogP contribution is 2.18. The molecule has 0 radical (unpaired) electrons. The van der Waals surface area contributed by atoms with Crippen LogP contribution in [0.3, 0.4) is 0 Å². The quantitative estimate of drug-likeness (QED) is 0.323. The summed E-state index contributed by atoms with van der Waals surface area (Å²) in [6.45, 7) is 5.84. The highest BCUT2D eigenvalue weighted by atomic mass is 16.5. The average molecular weight is 331 g/mol. The molecule has 1 aromatic rings. The molecule has 0 aliphatic carbocycles. The molecule has 0 spiro atoms. The average Bonchev–Trinajstić information content (AvgIpc) is 2.64. The Kier molecular flexibility index (Phi) is 8.39. The number of nitrogens with one attached hydrogen (secondary N) is 1. The summed E-state index contributed by atoms with van der Waals surface area (Å²) in [5.41, 5.74) is 2.51. The van der Waals surface area contributed by atoms with Gasteiger partial charge in [0.05, 0.1) is 26.4 Å². The van der Waals surface area contributed by atoms with Gasteiger partial charge in [0, 0.05) is 26.2 Å². The highest BCUT2D eigenvalue weighted by Gasteiger charge is 2.20. The van der Waals surface area contributed by atoms with Crippen LogP contribution < -0.4 is 32.8 Å². The van der Waals surface area contributed by atoms with Crippen molar-refractivity contribution >= 4 is 17.8 Å². The summed E-state index contributed by atoms with van der Waals surface area (Å²) < 4.78 is 10.7. The van der Waals surface area contributed by atoms with Crippen LogP contribution in [-0.4, -0.2) is 73.0 Å². The number of rotatable bonds is 3. The zero-order valence-electron chi connectivity index (χ0n) is 12.9. The number of morpholine rings is 2. The van der Waals surface area contributed by atoms with E-state index in [2.05, 4.69) is 41.9 Å². The maximum absolute atomic E-state index is 5.46. The normalized spacial score (nSPS) is 17.7. The molecule has 0 atom stereocenters. The predicted octanol–water partition coefficient (Wildman–Crippen LogP) is -3.18. The number of ether oxygens (including phenoxy) is 2. The number of nitrogens with zero attached hydrogens (tertiary/aromatic N) is 5. The standard InChI is InChI=1S/C11H19N7O2.H4N2.H2O/c12-16-9-13-10(17-1-5-19-6-2-17)15-11(14-9)18-3-7-20-8-4-18;1-2;/h1-8,12H2,(H,13,14,15,16);1-2H2;1H2. The first-order valence-electron chi connectivity index (χ1n) is 7.08. The fourth-order valence-corrected chi connectivity index (χ4v) is 2.23. The lowest BCUT2D eigenvalue weighted by Gasteiger charge is -2.30. The topological polar surface area (TPSA) is 185 Å². The summed E-state index contributed by atoms with van der Waals surface area (Å²) in [5, 5.41) is 0. The summed E-state index contributed by atoms with van der Waals surface area (Å²) in [7, 11) is 0. The molecule has 0 saturated carbocycles. The molecule has 3 heterocycles. The van der Waals surface area contributed by atoms with Crippen LogP contribution in [0, 0.1) is 0 Å². The van der Waals surface area contributed by atoms with Crippen molar-refractivity contribution in [2.45, 2.75) is 0 Å². The first kappa shape index (κ1) is 19.2. The van der Waals surface area contributed by atoms with Gasteiger partial charge in [-0.3, -0.25) is 17.1 Å². The Morgan fingerprint density at radius 2 is 1.17 bits per heavy atom. The van der Waals surface area contributed by atoms with Crippen LogP contribution in [0.5, 0.6) is 0 Å². The Morgan fingerprint density at radius 1 is 0.783 bits per heavy atom. The van der Waals surface area contributed by atoms with Crippen LogP contribution in [0.4, 0.5) is 17.8 Å². The minimum absolute atomic E-state index is 0. The molecule has 12 heteroatoms. The van der Waals surface area contributed by atoms with Gasteiger partial charge in [0.15, 0.2) is 0 Å². The first-order chi connectivity index (χ1) is 10.9. The van der Waals surface area contributed by atoms with Gasteiger partial charge < -0.3 is 24.7 Å². The molecule has 0 bridgehead atoms. The van der Waals surface area contributed by atoms with Gasteiger partial charge in [0.25, 0.3) is 0 Å². The SMILES string of the molecule is NN.NNc1nc(N2CCOCC2)nc(N2CCOCC2)n1.O. The van der Waals surface area contributed by atoms with Crippen molar-refractivity contribution in [2.75, 3.05) is 67.8 Å². The number of hydrazine groups is 2. The van der Waals surface area contributed by atoms with Crippen molar-refractivity contribution in [2.24, 2.45) is 17.5 Å². The maximum atomic E-state index is 5.46. The summed E-state index contributed by atoms with van der Waals surface area (Å²) in [6.07, 6.45) is 0. The molecule has 23 heavy (non-hydrogen) atoms.